The second kappa shape index (κ2) is 4.04. The molecule has 1 heteroatoms. The summed E-state index contributed by atoms with van der Waals surface area (Å²) >= 11 is 0. The molecule has 3 atom stereocenters. The second-order valence-electron chi connectivity index (χ2n) is 5.99. The first-order chi connectivity index (χ1) is 8.24. The molecule has 0 aliphatic heterocycles. The highest BCUT2D eigenvalue weighted by Crippen LogP contribution is 2.65. The normalized spacial score (nSPS) is 35.2. The quantitative estimate of drug-likeness (QED) is 0.760. The Kier molecular flexibility index (Phi) is 2.65. The van der Waals surface area contributed by atoms with E-state index in [1.165, 1.54) is 37.7 Å². The fourth-order valence-electron chi connectivity index (χ4n) is 3.86. The minimum atomic E-state index is 0.660. The van der Waals surface area contributed by atoms with Gasteiger partial charge >= 0.3 is 0 Å². The van der Waals surface area contributed by atoms with Gasteiger partial charge in [0, 0.05) is 0 Å². The molecule has 1 aromatic rings. The van der Waals surface area contributed by atoms with Gasteiger partial charge in [0.05, 0.1) is 7.11 Å². The van der Waals surface area contributed by atoms with Crippen LogP contribution in [0.1, 0.15) is 38.2 Å². The molecule has 0 aromatic heterocycles. The summed E-state index contributed by atoms with van der Waals surface area (Å²) in [6, 6.07) is 8.67. The van der Waals surface area contributed by atoms with E-state index in [9.17, 15) is 0 Å². The Labute approximate surface area is 104 Å². The van der Waals surface area contributed by atoms with Crippen molar-refractivity contribution in [1.82, 2.24) is 0 Å². The Morgan fingerprint density at radius 3 is 2.65 bits per heavy atom. The second-order valence-corrected chi connectivity index (χ2v) is 5.99. The van der Waals surface area contributed by atoms with Crippen LogP contribution in [0.15, 0.2) is 24.3 Å². The number of rotatable bonds is 3. The fourth-order valence-corrected chi connectivity index (χ4v) is 3.86. The maximum absolute atomic E-state index is 5.22. The summed E-state index contributed by atoms with van der Waals surface area (Å²) in [5, 5.41) is 0. The van der Waals surface area contributed by atoms with Gasteiger partial charge in [0.15, 0.2) is 0 Å². The van der Waals surface area contributed by atoms with Gasteiger partial charge < -0.3 is 4.74 Å². The molecule has 0 amide bonds. The van der Waals surface area contributed by atoms with Crippen molar-refractivity contribution >= 4 is 0 Å². The van der Waals surface area contributed by atoms with Crippen LogP contribution in [0, 0.1) is 17.3 Å². The molecule has 2 fully saturated rings. The first-order valence-electron chi connectivity index (χ1n) is 6.87. The molecule has 0 unspecified atom stereocenters. The molecule has 0 N–H and O–H groups in total. The monoisotopic (exact) mass is 230 g/mol. The Bertz CT molecular complexity index is 394. The highest BCUT2D eigenvalue weighted by Gasteiger charge is 2.57. The van der Waals surface area contributed by atoms with Gasteiger partial charge in [-0.25, -0.2) is 0 Å². The number of hydrogen-bond acceptors (Lipinski definition) is 1. The molecule has 0 heterocycles. The van der Waals surface area contributed by atoms with E-state index in [0.29, 0.717) is 5.41 Å². The molecule has 2 saturated carbocycles. The standard InChI is InChI=1S/C16H22O/c1-12-4-3-5-14-11-16(12,14)10-13-6-8-15(17-2)9-7-13/h6-9,12,14H,3-5,10-11H2,1-2H3/t12-,14-,16-/m1/s1. The maximum atomic E-state index is 5.22. The van der Waals surface area contributed by atoms with Crippen molar-refractivity contribution in [3.63, 3.8) is 0 Å². The number of fused-ring (bicyclic) bond motifs is 1. The van der Waals surface area contributed by atoms with Crippen LogP contribution in [-0.2, 0) is 6.42 Å². The van der Waals surface area contributed by atoms with Crippen molar-refractivity contribution in [3.05, 3.63) is 29.8 Å². The number of benzene rings is 1. The predicted molar refractivity (Wildman–Crippen MR) is 70.3 cm³/mol. The zero-order valence-corrected chi connectivity index (χ0v) is 10.9. The lowest BCUT2D eigenvalue weighted by atomic mass is 9.76. The van der Waals surface area contributed by atoms with E-state index >= 15 is 0 Å². The van der Waals surface area contributed by atoms with E-state index in [-0.39, 0.29) is 0 Å². The van der Waals surface area contributed by atoms with Crippen molar-refractivity contribution in [2.24, 2.45) is 17.3 Å². The van der Waals surface area contributed by atoms with Crippen LogP contribution >= 0.6 is 0 Å². The van der Waals surface area contributed by atoms with E-state index < -0.39 is 0 Å². The third-order valence-corrected chi connectivity index (χ3v) is 5.14. The van der Waals surface area contributed by atoms with Crippen molar-refractivity contribution in [1.29, 1.82) is 0 Å². The van der Waals surface area contributed by atoms with Gasteiger partial charge in [-0.2, -0.15) is 0 Å². The van der Waals surface area contributed by atoms with Crippen LogP contribution in [0.25, 0.3) is 0 Å². The summed E-state index contributed by atoms with van der Waals surface area (Å²) in [5.74, 6) is 2.91. The lowest BCUT2D eigenvalue weighted by Crippen LogP contribution is -2.22. The number of ether oxygens (including phenoxy) is 1. The van der Waals surface area contributed by atoms with Gasteiger partial charge in [-0.1, -0.05) is 31.9 Å². The molecule has 1 nitrogen and oxygen atoms in total. The van der Waals surface area contributed by atoms with Gasteiger partial charge in [-0.15, -0.1) is 0 Å². The molecule has 3 rings (SSSR count). The lowest BCUT2D eigenvalue weighted by Gasteiger charge is -2.29. The summed E-state index contributed by atoms with van der Waals surface area (Å²) in [4.78, 5) is 0. The maximum Gasteiger partial charge on any atom is 0.118 e. The van der Waals surface area contributed by atoms with Crippen LogP contribution in [0.4, 0.5) is 0 Å². The van der Waals surface area contributed by atoms with Gasteiger partial charge in [0.1, 0.15) is 5.75 Å². The molecule has 17 heavy (non-hydrogen) atoms. The highest BCUT2D eigenvalue weighted by atomic mass is 16.5. The summed E-state index contributed by atoms with van der Waals surface area (Å²) in [7, 11) is 1.73. The fraction of sp³-hybridized carbons (Fsp3) is 0.625. The van der Waals surface area contributed by atoms with E-state index in [1.807, 2.05) is 0 Å². The van der Waals surface area contributed by atoms with Gasteiger partial charge in [-0.05, 0) is 54.2 Å². The zero-order chi connectivity index (χ0) is 11.9. The van der Waals surface area contributed by atoms with E-state index in [0.717, 1.165) is 17.6 Å². The molecular weight excluding hydrogens is 208 g/mol. The first-order valence-corrected chi connectivity index (χ1v) is 6.87. The van der Waals surface area contributed by atoms with Gasteiger partial charge in [0.2, 0.25) is 0 Å². The smallest absolute Gasteiger partial charge is 0.118 e. The minimum Gasteiger partial charge on any atom is -0.497 e. The predicted octanol–water partition coefficient (Wildman–Crippen LogP) is 4.06. The Balaban J connectivity index is 1.74. The van der Waals surface area contributed by atoms with Crippen LogP contribution in [0.5, 0.6) is 5.75 Å². The van der Waals surface area contributed by atoms with Crippen molar-refractivity contribution in [2.45, 2.75) is 39.0 Å². The third kappa shape index (κ3) is 1.86. The van der Waals surface area contributed by atoms with E-state index in [4.69, 9.17) is 4.74 Å². The minimum absolute atomic E-state index is 0.660. The van der Waals surface area contributed by atoms with E-state index in [1.54, 1.807) is 7.11 Å². The number of methoxy groups -OCH3 is 1. The summed E-state index contributed by atoms with van der Waals surface area (Å²) in [6.07, 6.45) is 7.12. The van der Waals surface area contributed by atoms with Gasteiger partial charge in [-0.3, -0.25) is 0 Å². The lowest BCUT2D eigenvalue weighted by molar-refractivity contribution is 0.231. The molecule has 0 spiro atoms. The highest BCUT2D eigenvalue weighted by molar-refractivity contribution is 5.29. The average molecular weight is 230 g/mol. The summed E-state index contributed by atoms with van der Waals surface area (Å²) in [5.41, 5.74) is 2.15. The molecule has 0 bridgehead atoms. The molecule has 1 aromatic carbocycles. The summed E-state index contributed by atoms with van der Waals surface area (Å²) in [6.45, 7) is 2.46. The van der Waals surface area contributed by atoms with Crippen molar-refractivity contribution < 1.29 is 4.74 Å². The Morgan fingerprint density at radius 1 is 1.24 bits per heavy atom. The van der Waals surface area contributed by atoms with Crippen molar-refractivity contribution in [3.8, 4) is 5.75 Å². The molecule has 0 saturated heterocycles. The molecular formula is C16H22O. The molecule has 2 aliphatic carbocycles. The third-order valence-electron chi connectivity index (χ3n) is 5.14. The molecule has 0 radical (unpaired) electrons. The molecule has 2 aliphatic rings. The van der Waals surface area contributed by atoms with Crippen LogP contribution in [0.3, 0.4) is 0 Å². The topological polar surface area (TPSA) is 9.23 Å². The zero-order valence-electron chi connectivity index (χ0n) is 10.9. The summed E-state index contributed by atoms with van der Waals surface area (Å²) < 4.78 is 5.22. The largest absolute Gasteiger partial charge is 0.497 e. The van der Waals surface area contributed by atoms with E-state index in [2.05, 4.69) is 31.2 Å². The number of hydrogen-bond donors (Lipinski definition) is 0. The SMILES string of the molecule is COc1ccc(C[C@]23C[C@H]2CCC[C@H]3C)cc1. The van der Waals surface area contributed by atoms with Crippen LogP contribution < -0.4 is 4.74 Å². The Morgan fingerprint density at radius 2 is 2.00 bits per heavy atom. The first kappa shape index (κ1) is 11.1. The molecule has 92 valence electrons. The van der Waals surface area contributed by atoms with Gasteiger partial charge in [0.25, 0.3) is 0 Å². The van der Waals surface area contributed by atoms with Crippen LogP contribution in [-0.4, -0.2) is 7.11 Å². The van der Waals surface area contributed by atoms with Crippen LogP contribution in [0.2, 0.25) is 0 Å². The average Bonchev–Trinajstić information content (AvgIpc) is 3.06. The van der Waals surface area contributed by atoms with Crippen molar-refractivity contribution in [2.75, 3.05) is 7.11 Å². The Hall–Kier alpha value is -0.980.